The van der Waals surface area contributed by atoms with Crippen LogP contribution in [0.2, 0.25) is 0 Å². The van der Waals surface area contributed by atoms with Gasteiger partial charge in [-0.25, -0.2) is 0 Å². The summed E-state index contributed by atoms with van der Waals surface area (Å²) in [7, 11) is 0. The summed E-state index contributed by atoms with van der Waals surface area (Å²) in [5.41, 5.74) is -0.380. The summed E-state index contributed by atoms with van der Waals surface area (Å²) in [6.45, 7) is 8.35. The van der Waals surface area contributed by atoms with Gasteiger partial charge in [0.25, 0.3) is 0 Å². The van der Waals surface area contributed by atoms with Gasteiger partial charge in [-0.3, -0.25) is 4.79 Å². The molecule has 0 atom stereocenters. The molecule has 2 heteroatoms. The van der Waals surface area contributed by atoms with E-state index in [0.29, 0.717) is 5.92 Å². The van der Waals surface area contributed by atoms with Gasteiger partial charge < -0.3 is 5.11 Å². The number of hydrogen-bond acceptors (Lipinski definition) is 1. The third kappa shape index (κ3) is 4.69. The molecule has 1 aliphatic carbocycles. The maximum absolute atomic E-state index is 11.4. The molecule has 0 unspecified atom stereocenters. The fraction of sp³-hybridized carbons (Fsp3) is 0.933. The van der Waals surface area contributed by atoms with Crippen LogP contribution >= 0.6 is 0 Å². The van der Waals surface area contributed by atoms with E-state index in [1.54, 1.807) is 0 Å². The fourth-order valence-corrected chi connectivity index (χ4v) is 2.86. The summed E-state index contributed by atoms with van der Waals surface area (Å²) in [6.07, 6.45) is 8.36. The zero-order chi connectivity index (χ0) is 13.3. The predicted molar refractivity (Wildman–Crippen MR) is 73.2 cm³/mol. The van der Waals surface area contributed by atoms with Gasteiger partial charge in [0, 0.05) is 0 Å². The average Bonchev–Trinajstić information content (AvgIpc) is 2.39. The normalized spacial score (nSPS) is 18.4. The molecule has 1 N–H and O–H groups in total. The van der Waals surface area contributed by atoms with Crippen LogP contribution in [0.25, 0.3) is 0 Å². The first-order valence-electron chi connectivity index (χ1n) is 7.38. The molecule has 1 fully saturated rings. The van der Waals surface area contributed by atoms with Gasteiger partial charge >= 0.3 is 5.97 Å². The van der Waals surface area contributed by atoms with Crippen molar-refractivity contribution >= 4 is 5.97 Å². The lowest BCUT2D eigenvalue weighted by atomic mass is 9.68. The van der Waals surface area contributed by atoms with E-state index < -0.39 is 5.97 Å². The highest BCUT2D eigenvalue weighted by Crippen LogP contribution is 2.42. The first-order valence-corrected chi connectivity index (χ1v) is 7.38. The van der Waals surface area contributed by atoms with Gasteiger partial charge in [0.1, 0.15) is 0 Å². The molecule has 2 nitrogen and oxygen atoms in total. The molecule has 0 bridgehead atoms. The minimum atomic E-state index is -0.547. The molecule has 0 aromatic rings. The molecular weight excluding hydrogens is 212 g/mol. The monoisotopic (exact) mass is 242 g/mol. The van der Waals surface area contributed by atoms with Gasteiger partial charge in [0.2, 0.25) is 0 Å². The van der Waals surface area contributed by atoms with Crippen molar-refractivity contribution in [2.24, 2.45) is 11.3 Å². The van der Waals surface area contributed by atoms with Crippen LogP contribution in [-0.4, -0.2) is 11.1 Å². The summed E-state index contributed by atoms with van der Waals surface area (Å²) in [4.78, 5) is 11.4. The van der Waals surface area contributed by atoms with Crippen LogP contribution in [0, 0.1) is 11.3 Å². The summed E-state index contributed by atoms with van der Waals surface area (Å²) >= 11 is 0. The predicted octanol–water partition coefficient (Wildman–Crippen LogP) is 4.87. The van der Waals surface area contributed by atoms with Crippen molar-refractivity contribution in [3.8, 4) is 0 Å². The van der Waals surface area contributed by atoms with E-state index >= 15 is 0 Å². The molecule has 102 valence electrons. The zero-order valence-electron chi connectivity index (χ0n) is 12.1. The van der Waals surface area contributed by atoms with Crippen molar-refractivity contribution in [3.63, 3.8) is 0 Å². The number of carboxylic acid groups (broad SMARTS) is 1. The van der Waals surface area contributed by atoms with Crippen molar-refractivity contribution in [3.05, 3.63) is 0 Å². The molecule has 0 aromatic heterocycles. The zero-order valence-corrected chi connectivity index (χ0v) is 12.1. The molecule has 1 aliphatic rings. The summed E-state index contributed by atoms with van der Waals surface area (Å²) in [5.74, 6) is 0.0494. The minimum absolute atomic E-state index is 0.380. The Morgan fingerprint density at radius 2 is 1.59 bits per heavy atom. The average molecular weight is 242 g/mol. The Kier molecular flexibility index (Phi) is 8.28. The van der Waals surface area contributed by atoms with Crippen LogP contribution in [0.3, 0.4) is 0 Å². The maximum Gasteiger partial charge on any atom is 0.309 e. The standard InChI is InChI=1S/C13H24O2.C2H6/c1-3-11(4-2)10-13(12(14)15)8-6-5-7-9-13;1-2/h11H,3-10H2,1-2H3,(H,14,15);1-2H3. The number of carbonyl (C=O) groups is 1. The van der Waals surface area contributed by atoms with Gasteiger partial charge in [0.15, 0.2) is 0 Å². The molecule has 1 rings (SSSR count). The molecule has 1 saturated carbocycles. The SMILES string of the molecule is CC.CCC(CC)CC1(C(=O)O)CCCCC1. The van der Waals surface area contributed by atoms with Crippen molar-refractivity contribution in [2.75, 3.05) is 0 Å². The number of hydrogen-bond donors (Lipinski definition) is 1. The van der Waals surface area contributed by atoms with E-state index in [1.807, 2.05) is 13.8 Å². The number of carboxylic acids is 1. The van der Waals surface area contributed by atoms with Crippen LogP contribution in [0.5, 0.6) is 0 Å². The minimum Gasteiger partial charge on any atom is -0.481 e. The summed E-state index contributed by atoms with van der Waals surface area (Å²) in [5, 5.41) is 9.43. The molecular formula is C15H30O2. The van der Waals surface area contributed by atoms with E-state index in [2.05, 4.69) is 13.8 Å². The Balaban J connectivity index is 0.00000121. The van der Waals surface area contributed by atoms with Crippen molar-refractivity contribution < 1.29 is 9.90 Å². The Labute approximate surface area is 107 Å². The molecule has 0 aromatic carbocycles. The van der Waals surface area contributed by atoms with E-state index in [9.17, 15) is 9.90 Å². The summed E-state index contributed by atoms with van der Waals surface area (Å²) in [6, 6.07) is 0. The van der Waals surface area contributed by atoms with Crippen LogP contribution in [-0.2, 0) is 4.79 Å². The second kappa shape index (κ2) is 8.54. The molecule has 0 amide bonds. The van der Waals surface area contributed by atoms with Gasteiger partial charge in [-0.15, -0.1) is 0 Å². The van der Waals surface area contributed by atoms with Gasteiger partial charge in [-0.05, 0) is 25.2 Å². The van der Waals surface area contributed by atoms with Gasteiger partial charge in [0.05, 0.1) is 5.41 Å². The molecule has 0 radical (unpaired) electrons. The van der Waals surface area contributed by atoms with Crippen LogP contribution in [0.4, 0.5) is 0 Å². The van der Waals surface area contributed by atoms with E-state index in [-0.39, 0.29) is 5.41 Å². The molecule has 0 spiro atoms. The molecule has 17 heavy (non-hydrogen) atoms. The van der Waals surface area contributed by atoms with Crippen molar-refractivity contribution in [1.29, 1.82) is 0 Å². The highest BCUT2D eigenvalue weighted by atomic mass is 16.4. The number of rotatable bonds is 5. The summed E-state index contributed by atoms with van der Waals surface area (Å²) < 4.78 is 0. The first kappa shape index (κ1) is 16.5. The Hall–Kier alpha value is -0.530. The van der Waals surface area contributed by atoms with Crippen molar-refractivity contribution in [1.82, 2.24) is 0 Å². The largest absolute Gasteiger partial charge is 0.481 e. The smallest absolute Gasteiger partial charge is 0.309 e. The van der Waals surface area contributed by atoms with Crippen molar-refractivity contribution in [2.45, 2.75) is 79.1 Å². The molecule has 0 aliphatic heterocycles. The van der Waals surface area contributed by atoms with Crippen LogP contribution < -0.4 is 0 Å². The van der Waals surface area contributed by atoms with Crippen LogP contribution in [0.15, 0.2) is 0 Å². The van der Waals surface area contributed by atoms with Gasteiger partial charge in [-0.1, -0.05) is 59.8 Å². The van der Waals surface area contributed by atoms with Crippen LogP contribution in [0.1, 0.15) is 79.1 Å². The third-order valence-electron chi connectivity index (χ3n) is 4.10. The lowest BCUT2D eigenvalue weighted by Crippen LogP contribution is -2.35. The lowest BCUT2D eigenvalue weighted by Gasteiger charge is -2.35. The Morgan fingerprint density at radius 1 is 1.12 bits per heavy atom. The first-order chi connectivity index (χ1) is 8.14. The second-order valence-electron chi connectivity index (χ2n) is 5.03. The van der Waals surface area contributed by atoms with E-state index in [1.165, 1.54) is 6.42 Å². The third-order valence-corrected chi connectivity index (χ3v) is 4.10. The fourth-order valence-electron chi connectivity index (χ4n) is 2.86. The Bertz CT molecular complexity index is 201. The molecule has 0 saturated heterocycles. The lowest BCUT2D eigenvalue weighted by molar-refractivity contribution is -0.152. The van der Waals surface area contributed by atoms with Gasteiger partial charge in [-0.2, -0.15) is 0 Å². The Morgan fingerprint density at radius 3 is 1.94 bits per heavy atom. The topological polar surface area (TPSA) is 37.3 Å². The van der Waals surface area contributed by atoms with E-state index in [0.717, 1.165) is 44.9 Å². The highest BCUT2D eigenvalue weighted by molar-refractivity contribution is 5.74. The quantitative estimate of drug-likeness (QED) is 0.746. The second-order valence-corrected chi connectivity index (χ2v) is 5.03. The maximum atomic E-state index is 11.4. The highest BCUT2D eigenvalue weighted by Gasteiger charge is 2.40. The number of aliphatic carboxylic acids is 1. The molecule has 0 heterocycles. The van der Waals surface area contributed by atoms with E-state index in [4.69, 9.17) is 0 Å².